The number of hydrogen-bond acceptors (Lipinski definition) is 2. The lowest BCUT2D eigenvalue weighted by Crippen LogP contribution is -1.94. The van der Waals surface area contributed by atoms with Gasteiger partial charge in [0, 0.05) is 4.90 Å². The van der Waals surface area contributed by atoms with E-state index in [1.54, 1.807) is 0 Å². The van der Waals surface area contributed by atoms with Gasteiger partial charge in [0.2, 0.25) is 0 Å². The molecule has 2 N–H and O–H groups in total. The van der Waals surface area contributed by atoms with Crippen LogP contribution in [-0.4, -0.2) is 4.21 Å². The van der Waals surface area contributed by atoms with Crippen LogP contribution in [0.15, 0.2) is 29.2 Å². The van der Waals surface area contributed by atoms with Crippen LogP contribution in [0.1, 0.15) is 5.56 Å². The van der Waals surface area contributed by atoms with Gasteiger partial charge in [-0.15, -0.1) is 0 Å². The molecule has 1 atom stereocenters. The quantitative estimate of drug-likeness (QED) is 0.715. The van der Waals surface area contributed by atoms with Crippen molar-refractivity contribution in [3.05, 3.63) is 29.8 Å². The Morgan fingerprint density at radius 3 is 2.36 bits per heavy atom. The Labute approximate surface area is 72.2 Å². The van der Waals surface area contributed by atoms with Gasteiger partial charge < -0.3 is 0 Å². The molecule has 0 aliphatic rings. The highest BCUT2D eigenvalue weighted by molar-refractivity contribution is 8.68. The molecule has 0 saturated carbocycles. The van der Waals surface area contributed by atoms with Crippen molar-refractivity contribution in [3.63, 3.8) is 0 Å². The third kappa shape index (κ3) is 3.05. The highest BCUT2D eigenvalue weighted by Gasteiger charge is 1.95. The molecule has 0 fully saturated rings. The smallest absolute Gasteiger partial charge is 0.155 e. The summed E-state index contributed by atoms with van der Waals surface area (Å²) in [6.45, 7) is 2.01. The molecule has 0 aromatic heterocycles. The van der Waals surface area contributed by atoms with E-state index in [4.69, 9.17) is 5.14 Å². The zero-order valence-electron chi connectivity index (χ0n) is 6.11. The molecule has 0 saturated heterocycles. The Hall–Kier alpha value is -0.320. The van der Waals surface area contributed by atoms with E-state index in [0.717, 1.165) is 15.7 Å². The topological polar surface area (TPSA) is 43.1 Å². The van der Waals surface area contributed by atoms with Crippen LogP contribution in [0, 0.1) is 6.92 Å². The molecular weight excluding hydrogens is 178 g/mol. The van der Waals surface area contributed by atoms with E-state index in [0.29, 0.717) is 0 Å². The molecule has 0 aliphatic carbocycles. The average Bonchev–Trinajstić information content (AvgIpc) is 1.93. The van der Waals surface area contributed by atoms with Crippen LogP contribution in [0.5, 0.6) is 0 Å². The number of rotatable bonds is 2. The Bertz CT molecular complexity index is 258. The van der Waals surface area contributed by atoms with Crippen molar-refractivity contribution >= 4 is 20.8 Å². The molecule has 4 heteroatoms. The summed E-state index contributed by atoms with van der Waals surface area (Å²) in [4.78, 5) is 0.941. The van der Waals surface area contributed by atoms with Crippen molar-refractivity contribution in [2.24, 2.45) is 5.14 Å². The van der Waals surface area contributed by atoms with Crippen molar-refractivity contribution in [3.8, 4) is 0 Å². The molecule has 0 heterocycles. The second-order valence-electron chi connectivity index (χ2n) is 2.16. The average molecular weight is 187 g/mol. The van der Waals surface area contributed by atoms with Gasteiger partial charge in [-0.3, -0.25) is 0 Å². The van der Waals surface area contributed by atoms with Gasteiger partial charge in [-0.1, -0.05) is 17.7 Å². The summed E-state index contributed by atoms with van der Waals surface area (Å²) in [6, 6.07) is 7.75. The second-order valence-corrected chi connectivity index (χ2v) is 4.80. The van der Waals surface area contributed by atoms with E-state index in [2.05, 4.69) is 0 Å². The molecule has 0 spiro atoms. The maximum atomic E-state index is 10.5. The number of benzene rings is 1. The lowest BCUT2D eigenvalue weighted by atomic mass is 10.2. The van der Waals surface area contributed by atoms with Gasteiger partial charge in [0.25, 0.3) is 0 Å². The van der Waals surface area contributed by atoms with Crippen LogP contribution >= 0.6 is 10.8 Å². The van der Waals surface area contributed by atoms with Crippen molar-refractivity contribution in [1.82, 2.24) is 0 Å². The Kier molecular flexibility index (Phi) is 3.11. The molecule has 1 unspecified atom stereocenters. The van der Waals surface area contributed by atoms with Crippen LogP contribution < -0.4 is 5.14 Å². The molecule has 1 aromatic rings. The molecule has 2 nitrogen and oxygen atoms in total. The number of hydrogen-bond donors (Lipinski definition) is 1. The SMILES string of the molecule is Cc1ccc(SS(N)=O)cc1. The Balaban J connectivity index is 2.74. The highest BCUT2D eigenvalue weighted by Crippen LogP contribution is 2.18. The first kappa shape index (κ1) is 8.77. The molecule has 11 heavy (non-hydrogen) atoms. The summed E-state index contributed by atoms with van der Waals surface area (Å²) in [7, 11) is -0.149. The highest BCUT2D eigenvalue weighted by atomic mass is 33.1. The molecule has 0 bridgehead atoms. The van der Waals surface area contributed by atoms with Gasteiger partial charge in [-0.05, 0) is 29.9 Å². The summed E-state index contributed by atoms with van der Waals surface area (Å²) < 4.78 is 10.5. The predicted octanol–water partition coefficient (Wildman–Crippen LogP) is 1.62. The lowest BCUT2D eigenvalue weighted by molar-refractivity contribution is 0.692. The van der Waals surface area contributed by atoms with Crippen LogP contribution in [0.3, 0.4) is 0 Å². The van der Waals surface area contributed by atoms with Crippen LogP contribution in [-0.2, 0) is 10.0 Å². The number of aryl methyl sites for hydroxylation is 1. The van der Waals surface area contributed by atoms with Crippen molar-refractivity contribution in [1.29, 1.82) is 0 Å². The van der Waals surface area contributed by atoms with Gasteiger partial charge in [-0.2, -0.15) is 0 Å². The first-order valence-corrected chi connectivity index (χ1v) is 5.64. The van der Waals surface area contributed by atoms with Gasteiger partial charge in [0.1, 0.15) is 0 Å². The molecule has 0 aliphatic heterocycles. The summed E-state index contributed by atoms with van der Waals surface area (Å²) in [5, 5.41) is 5.10. The standard InChI is InChI=1S/C7H9NOS2/c1-6-2-4-7(5-3-6)10-11(8)9/h2-5H,8H2,1H3. The van der Waals surface area contributed by atoms with E-state index in [9.17, 15) is 4.21 Å². The van der Waals surface area contributed by atoms with Gasteiger partial charge in [0.15, 0.2) is 10.0 Å². The first-order chi connectivity index (χ1) is 5.18. The Morgan fingerprint density at radius 2 is 1.91 bits per heavy atom. The number of nitrogens with two attached hydrogens (primary N) is 1. The third-order valence-corrected chi connectivity index (χ3v) is 2.90. The monoisotopic (exact) mass is 187 g/mol. The van der Waals surface area contributed by atoms with Gasteiger partial charge in [-0.25, -0.2) is 9.35 Å². The van der Waals surface area contributed by atoms with Crippen molar-refractivity contribution in [2.75, 3.05) is 0 Å². The van der Waals surface area contributed by atoms with Crippen LogP contribution in [0.25, 0.3) is 0 Å². The molecule has 60 valence electrons. The summed E-state index contributed by atoms with van der Waals surface area (Å²) in [5.41, 5.74) is 1.19. The Morgan fingerprint density at radius 1 is 1.36 bits per heavy atom. The van der Waals surface area contributed by atoms with Crippen LogP contribution in [0.2, 0.25) is 0 Å². The fraction of sp³-hybridized carbons (Fsp3) is 0.143. The van der Waals surface area contributed by atoms with Gasteiger partial charge >= 0.3 is 0 Å². The van der Waals surface area contributed by atoms with Crippen molar-refractivity contribution < 1.29 is 4.21 Å². The fourth-order valence-corrected chi connectivity index (χ4v) is 2.03. The van der Waals surface area contributed by atoms with E-state index in [1.165, 1.54) is 5.56 Å². The maximum absolute atomic E-state index is 10.5. The molecular formula is C7H9NOS2. The first-order valence-electron chi connectivity index (χ1n) is 3.09. The minimum absolute atomic E-state index is 0.941. The van der Waals surface area contributed by atoms with Crippen molar-refractivity contribution in [2.45, 2.75) is 11.8 Å². The summed E-state index contributed by atoms with van der Waals surface area (Å²) in [6.07, 6.45) is 0. The molecule has 1 aromatic carbocycles. The lowest BCUT2D eigenvalue weighted by Gasteiger charge is -1.96. The minimum atomic E-state index is -1.31. The molecule has 0 amide bonds. The zero-order valence-corrected chi connectivity index (χ0v) is 7.74. The summed E-state index contributed by atoms with van der Waals surface area (Å²) in [5.74, 6) is 0. The van der Waals surface area contributed by atoms with E-state index >= 15 is 0 Å². The normalized spacial score (nSPS) is 12.9. The largest absolute Gasteiger partial charge is 0.242 e. The van der Waals surface area contributed by atoms with E-state index in [-0.39, 0.29) is 0 Å². The van der Waals surface area contributed by atoms with Gasteiger partial charge in [0.05, 0.1) is 0 Å². The summed E-state index contributed by atoms with van der Waals surface area (Å²) >= 11 is 0. The second kappa shape index (κ2) is 3.90. The predicted molar refractivity (Wildman–Crippen MR) is 49.4 cm³/mol. The maximum Gasteiger partial charge on any atom is 0.155 e. The van der Waals surface area contributed by atoms with Crippen LogP contribution in [0.4, 0.5) is 0 Å². The molecule has 0 radical (unpaired) electrons. The molecule has 1 rings (SSSR count). The van der Waals surface area contributed by atoms with E-state index < -0.39 is 10.0 Å². The zero-order chi connectivity index (χ0) is 8.27. The van der Waals surface area contributed by atoms with E-state index in [1.807, 2.05) is 31.2 Å². The fourth-order valence-electron chi connectivity index (χ4n) is 0.689. The minimum Gasteiger partial charge on any atom is -0.242 e. The third-order valence-electron chi connectivity index (χ3n) is 1.20.